The van der Waals surface area contributed by atoms with Crippen LogP contribution >= 0.6 is 0 Å². The lowest BCUT2D eigenvalue weighted by Crippen LogP contribution is -2.57. The number of rotatable bonds is 5. The van der Waals surface area contributed by atoms with E-state index in [0.29, 0.717) is 51.5 Å². The number of benzene rings is 1. The van der Waals surface area contributed by atoms with Gasteiger partial charge < -0.3 is 9.80 Å². The lowest BCUT2D eigenvalue weighted by atomic mass is 10.0. The number of sulfonamides is 1. The highest BCUT2D eigenvalue weighted by Crippen LogP contribution is 2.29. The van der Waals surface area contributed by atoms with Gasteiger partial charge in [0.15, 0.2) is 0 Å². The third-order valence-corrected chi connectivity index (χ3v) is 8.89. The van der Waals surface area contributed by atoms with Crippen molar-refractivity contribution in [2.45, 2.75) is 62.3 Å². The lowest BCUT2D eigenvalue weighted by molar-refractivity contribution is -0.143. The minimum atomic E-state index is -3.71. The van der Waals surface area contributed by atoms with Gasteiger partial charge in [-0.25, -0.2) is 8.42 Å². The van der Waals surface area contributed by atoms with Gasteiger partial charge in [-0.3, -0.25) is 9.59 Å². The summed E-state index contributed by atoms with van der Waals surface area (Å²) in [5, 5.41) is 0. The first kappa shape index (κ1) is 22.3. The molecular formula is C23H33N3O4S. The molecule has 1 aromatic rings. The van der Waals surface area contributed by atoms with Crippen LogP contribution in [0.5, 0.6) is 0 Å². The van der Waals surface area contributed by atoms with E-state index in [2.05, 4.69) is 0 Å². The van der Waals surface area contributed by atoms with Crippen LogP contribution in [0.3, 0.4) is 0 Å². The van der Waals surface area contributed by atoms with Gasteiger partial charge in [-0.15, -0.1) is 0 Å². The fraction of sp³-hybridized carbons (Fsp3) is 0.652. The molecule has 0 radical (unpaired) electrons. The number of hydrogen-bond acceptors (Lipinski definition) is 4. The monoisotopic (exact) mass is 447 g/mol. The van der Waals surface area contributed by atoms with Gasteiger partial charge in [-0.1, -0.05) is 37.5 Å². The molecule has 170 valence electrons. The Kier molecular flexibility index (Phi) is 6.96. The van der Waals surface area contributed by atoms with Crippen molar-refractivity contribution in [1.82, 2.24) is 14.1 Å². The normalized spacial score (nSPS) is 23.8. The Bertz CT molecular complexity index is 875. The Morgan fingerprint density at radius 2 is 1.42 bits per heavy atom. The third kappa shape index (κ3) is 4.95. The second-order valence-corrected chi connectivity index (χ2v) is 10.9. The van der Waals surface area contributed by atoms with Crippen molar-refractivity contribution in [3.05, 3.63) is 30.3 Å². The molecule has 1 saturated carbocycles. The Hall–Kier alpha value is -1.93. The van der Waals surface area contributed by atoms with Crippen molar-refractivity contribution in [3.8, 4) is 0 Å². The van der Waals surface area contributed by atoms with Crippen molar-refractivity contribution >= 4 is 21.8 Å². The van der Waals surface area contributed by atoms with E-state index in [4.69, 9.17) is 0 Å². The maximum absolute atomic E-state index is 13.3. The van der Waals surface area contributed by atoms with Gasteiger partial charge in [0.1, 0.15) is 6.04 Å². The lowest BCUT2D eigenvalue weighted by Gasteiger charge is -2.40. The molecule has 31 heavy (non-hydrogen) atoms. The van der Waals surface area contributed by atoms with E-state index in [1.807, 2.05) is 4.90 Å². The molecule has 2 heterocycles. The molecular weight excluding hydrogens is 414 g/mol. The van der Waals surface area contributed by atoms with Crippen molar-refractivity contribution in [3.63, 3.8) is 0 Å². The van der Waals surface area contributed by atoms with E-state index in [-0.39, 0.29) is 16.7 Å². The number of amides is 2. The van der Waals surface area contributed by atoms with Gasteiger partial charge in [0.25, 0.3) is 0 Å². The fourth-order valence-electron chi connectivity index (χ4n) is 5.14. The Morgan fingerprint density at radius 3 is 2.10 bits per heavy atom. The van der Waals surface area contributed by atoms with E-state index in [1.165, 1.54) is 17.1 Å². The maximum atomic E-state index is 13.3. The average Bonchev–Trinajstić information content (AvgIpc) is 3.32. The van der Waals surface area contributed by atoms with Crippen LogP contribution in [0, 0.1) is 5.92 Å². The number of piperazine rings is 1. The summed E-state index contributed by atoms with van der Waals surface area (Å²) in [6.07, 6.45) is 7.53. The molecule has 3 aliphatic rings. The first-order valence-electron chi connectivity index (χ1n) is 11.6. The van der Waals surface area contributed by atoms with E-state index in [9.17, 15) is 18.0 Å². The molecule has 0 spiro atoms. The van der Waals surface area contributed by atoms with Gasteiger partial charge in [0.2, 0.25) is 21.8 Å². The van der Waals surface area contributed by atoms with Crippen molar-refractivity contribution in [2.24, 2.45) is 5.92 Å². The molecule has 7 nitrogen and oxygen atoms in total. The second kappa shape index (κ2) is 9.69. The zero-order valence-electron chi connectivity index (χ0n) is 18.1. The summed E-state index contributed by atoms with van der Waals surface area (Å²) in [4.78, 5) is 29.8. The zero-order chi connectivity index (χ0) is 21.8. The molecule has 1 aromatic carbocycles. The first-order chi connectivity index (χ1) is 15.0. The van der Waals surface area contributed by atoms with Crippen molar-refractivity contribution in [1.29, 1.82) is 0 Å². The Morgan fingerprint density at radius 1 is 0.806 bits per heavy atom. The molecule has 0 N–H and O–H groups in total. The van der Waals surface area contributed by atoms with Gasteiger partial charge in [-0.2, -0.15) is 4.31 Å². The summed E-state index contributed by atoms with van der Waals surface area (Å²) in [6.45, 7) is 2.40. The molecule has 1 atom stereocenters. The quantitative estimate of drug-likeness (QED) is 0.695. The van der Waals surface area contributed by atoms with Crippen molar-refractivity contribution in [2.75, 3.05) is 32.7 Å². The predicted octanol–water partition coefficient (Wildman–Crippen LogP) is 2.48. The molecule has 2 saturated heterocycles. The number of piperidine rings is 1. The summed E-state index contributed by atoms with van der Waals surface area (Å²) in [5.74, 6) is 0.596. The highest BCUT2D eigenvalue weighted by molar-refractivity contribution is 7.89. The highest BCUT2D eigenvalue weighted by atomic mass is 32.2. The van der Waals surface area contributed by atoms with E-state index in [0.717, 1.165) is 25.7 Å². The average molecular weight is 448 g/mol. The number of hydrogen-bond donors (Lipinski definition) is 0. The molecule has 0 bridgehead atoms. The maximum Gasteiger partial charge on any atom is 0.243 e. The molecule has 0 aromatic heterocycles. The third-order valence-electron chi connectivity index (χ3n) is 6.97. The molecule has 4 rings (SSSR count). The SMILES string of the molecule is O=C(CC1CCCC1)N1CCN(C(=O)C2CCCCN2S(=O)(=O)c2ccccc2)CC1. The standard InChI is InChI=1S/C23H33N3O4S/c27-22(18-19-8-4-5-9-19)24-14-16-25(17-15-24)23(28)21-12-6-7-13-26(21)31(29,30)20-10-2-1-3-11-20/h1-3,10-11,19,21H,4-9,12-18H2. The van der Waals surface area contributed by atoms with Crippen LogP contribution in [-0.2, 0) is 19.6 Å². The van der Waals surface area contributed by atoms with Crippen LogP contribution in [0.4, 0.5) is 0 Å². The summed E-state index contributed by atoms with van der Waals surface area (Å²) < 4.78 is 27.8. The summed E-state index contributed by atoms with van der Waals surface area (Å²) in [7, 11) is -3.71. The van der Waals surface area contributed by atoms with Crippen LogP contribution in [0.1, 0.15) is 51.4 Å². The largest absolute Gasteiger partial charge is 0.339 e. The molecule has 2 aliphatic heterocycles. The number of nitrogens with zero attached hydrogens (tertiary/aromatic N) is 3. The van der Waals surface area contributed by atoms with Crippen LogP contribution in [0.25, 0.3) is 0 Å². The van der Waals surface area contributed by atoms with E-state index < -0.39 is 16.1 Å². The minimum absolute atomic E-state index is 0.123. The molecule has 1 aliphatic carbocycles. The van der Waals surface area contributed by atoms with Gasteiger partial charge in [0.05, 0.1) is 4.90 Å². The Balaban J connectivity index is 1.38. The topological polar surface area (TPSA) is 78.0 Å². The molecule has 8 heteroatoms. The Labute approximate surface area is 185 Å². The predicted molar refractivity (Wildman–Crippen MR) is 118 cm³/mol. The van der Waals surface area contributed by atoms with Crippen LogP contribution in [0.15, 0.2) is 35.2 Å². The highest BCUT2D eigenvalue weighted by Gasteiger charge is 2.40. The number of carbonyl (C=O) groups is 2. The number of carbonyl (C=O) groups excluding carboxylic acids is 2. The van der Waals surface area contributed by atoms with Gasteiger partial charge >= 0.3 is 0 Å². The van der Waals surface area contributed by atoms with E-state index in [1.54, 1.807) is 35.2 Å². The van der Waals surface area contributed by atoms with Crippen LogP contribution in [-0.4, -0.2) is 73.1 Å². The van der Waals surface area contributed by atoms with Crippen LogP contribution < -0.4 is 0 Å². The minimum Gasteiger partial charge on any atom is -0.339 e. The summed E-state index contributed by atoms with van der Waals surface area (Å²) in [6, 6.07) is 7.70. The van der Waals surface area contributed by atoms with Gasteiger partial charge in [-0.05, 0) is 43.7 Å². The second-order valence-electron chi connectivity index (χ2n) is 9.00. The fourth-order valence-corrected chi connectivity index (χ4v) is 6.82. The van der Waals surface area contributed by atoms with E-state index >= 15 is 0 Å². The summed E-state index contributed by atoms with van der Waals surface area (Å²) in [5.41, 5.74) is 0. The van der Waals surface area contributed by atoms with Crippen molar-refractivity contribution < 1.29 is 18.0 Å². The molecule has 1 unspecified atom stereocenters. The summed E-state index contributed by atoms with van der Waals surface area (Å²) >= 11 is 0. The van der Waals surface area contributed by atoms with Crippen LogP contribution in [0.2, 0.25) is 0 Å². The smallest absolute Gasteiger partial charge is 0.243 e. The molecule has 2 amide bonds. The van der Waals surface area contributed by atoms with Gasteiger partial charge in [0, 0.05) is 39.1 Å². The molecule has 3 fully saturated rings. The zero-order valence-corrected chi connectivity index (χ0v) is 18.9. The first-order valence-corrected chi connectivity index (χ1v) is 13.0.